The summed E-state index contributed by atoms with van der Waals surface area (Å²) in [5.74, 6) is 0.801. The second-order valence-electron chi connectivity index (χ2n) is 4.13. The predicted molar refractivity (Wildman–Crippen MR) is 77.2 cm³/mol. The minimum Gasteiger partial charge on any atom is -0.363 e. The highest BCUT2D eigenvalue weighted by Crippen LogP contribution is 2.11. The van der Waals surface area contributed by atoms with Gasteiger partial charge in [-0.05, 0) is 24.6 Å². The molecule has 0 aliphatic carbocycles. The molecule has 2 rings (SSSR count). The van der Waals surface area contributed by atoms with Crippen molar-refractivity contribution < 1.29 is 4.79 Å². The van der Waals surface area contributed by atoms with Gasteiger partial charge in [0.25, 0.3) is 0 Å². The first-order valence-corrected chi connectivity index (χ1v) is 7.00. The van der Waals surface area contributed by atoms with Gasteiger partial charge in [-0.1, -0.05) is 23.9 Å². The minimum absolute atomic E-state index is 0.0479. The van der Waals surface area contributed by atoms with Crippen LogP contribution in [0.2, 0.25) is 0 Å². The molecule has 1 amide bonds. The van der Waals surface area contributed by atoms with Crippen molar-refractivity contribution in [3.05, 3.63) is 29.8 Å². The summed E-state index contributed by atoms with van der Waals surface area (Å²) >= 11 is 1.60. The SMILES string of the molecule is Cc1cccc(NC(=O)CCSC2=NCCN2)c1. The number of rotatable bonds is 4. The summed E-state index contributed by atoms with van der Waals surface area (Å²) in [7, 11) is 0. The molecule has 0 aromatic heterocycles. The summed E-state index contributed by atoms with van der Waals surface area (Å²) in [6, 6.07) is 7.82. The second-order valence-corrected chi connectivity index (χ2v) is 5.21. The van der Waals surface area contributed by atoms with Gasteiger partial charge in [-0.15, -0.1) is 0 Å². The Morgan fingerprint density at radius 2 is 2.44 bits per heavy atom. The van der Waals surface area contributed by atoms with Crippen LogP contribution in [0.4, 0.5) is 5.69 Å². The van der Waals surface area contributed by atoms with Crippen LogP contribution >= 0.6 is 11.8 Å². The fourth-order valence-electron chi connectivity index (χ4n) is 1.66. The van der Waals surface area contributed by atoms with E-state index in [0.717, 1.165) is 35.3 Å². The van der Waals surface area contributed by atoms with E-state index in [0.29, 0.717) is 6.42 Å². The maximum atomic E-state index is 11.7. The van der Waals surface area contributed by atoms with Crippen LogP contribution in [0.3, 0.4) is 0 Å². The zero-order valence-corrected chi connectivity index (χ0v) is 11.2. The molecule has 1 aliphatic rings. The molecule has 0 spiro atoms. The summed E-state index contributed by atoms with van der Waals surface area (Å²) in [6.45, 7) is 3.77. The zero-order chi connectivity index (χ0) is 12.8. The Balaban J connectivity index is 1.71. The van der Waals surface area contributed by atoms with Gasteiger partial charge in [0.2, 0.25) is 5.91 Å². The first-order chi connectivity index (χ1) is 8.74. The van der Waals surface area contributed by atoms with Crippen molar-refractivity contribution in [1.29, 1.82) is 0 Å². The van der Waals surface area contributed by atoms with Crippen LogP contribution in [0.15, 0.2) is 29.3 Å². The third kappa shape index (κ3) is 4.07. The van der Waals surface area contributed by atoms with E-state index >= 15 is 0 Å². The Bertz CT molecular complexity index is 459. The molecule has 5 heteroatoms. The van der Waals surface area contributed by atoms with Crippen LogP contribution in [-0.2, 0) is 4.79 Å². The van der Waals surface area contributed by atoms with E-state index in [1.54, 1.807) is 11.8 Å². The van der Waals surface area contributed by atoms with Crippen LogP contribution in [0.5, 0.6) is 0 Å². The lowest BCUT2D eigenvalue weighted by atomic mass is 10.2. The van der Waals surface area contributed by atoms with E-state index in [1.807, 2.05) is 31.2 Å². The van der Waals surface area contributed by atoms with Crippen molar-refractivity contribution in [3.63, 3.8) is 0 Å². The summed E-state index contributed by atoms with van der Waals surface area (Å²) in [6.07, 6.45) is 0.499. The van der Waals surface area contributed by atoms with E-state index in [2.05, 4.69) is 15.6 Å². The second kappa shape index (κ2) is 6.44. The molecule has 0 unspecified atom stereocenters. The van der Waals surface area contributed by atoms with E-state index in [-0.39, 0.29) is 5.91 Å². The van der Waals surface area contributed by atoms with Gasteiger partial charge in [-0.25, -0.2) is 0 Å². The number of amidine groups is 1. The molecule has 0 radical (unpaired) electrons. The van der Waals surface area contributed by atoms with Crippen LogP contribution in [0, 0.1) is 6.92 Å². The van der Waals surface area contributed by atoms with Gasteiger partial charge in [0.05, 0.1) is 6.54 Å². The number of aryl methyl sites for hydroxylation is 1. The van der Waals surface area contributed by atoms with Crippen molar-refractivity contribution in [2.24, 2.45) is 4.99 Å². The molecule has 4 nitrogen and oxygen atoms in total. The number of amides is 1. The molecular weight excluding hydrogens is 246 g/mol. The number of hydrogen-bond donors (Lipinski definition) is 2. The fraction of sp³-hybridized carbons (Fsp3) is 0.385. The fourth-order valence-corrected chi connectivity index (χ4v) is 2.53. The van der Waals surface area contributed by atoms with Crippen molar-refractivity contribution >= 4 is 28.5 Å². The third-order valence-electron chi connectivity index (χ3n) is 2.51. The molecule has 0 atom stereocenters. The van der Waals surface area contributed by atoms with Gasteiger partial charge in [-0.2, -0.15) is 0 Å². The highest BCUT2D eigenvalue weighted by molar-refractivity contribution is 8.13. The van der Waals surface area contributed by atoms with Crippen LogP contribution < -0.4 is 10.6 Å². The van der Waals surface area contributed by atoms with Crippen molar-refractivity contribution in [3.8, 4) is 0 Å². The summed E-state index contributed by atoms with van der Waals surface area (Å²) in [5.41, 5.74) is 2.01. The number of thioether (sulfide) groups is 1. The average molecular weight is 263 g/mol. The monoisotopic (exact) mass is 263 g/mol. The molecule has 96 valence electrons. The lowest BCUT2D eigenvalue weighted by molar-refractivity contribution is -0.115. The molecule has 1 heterocycles. The first-order valence-electron chi connectivity index (χ1n) is 6.02. The maximum absolute atomic E-state index is 11.7. The number of nitrogens with one attached hydrogen (secondary N) is 2. The molecule has 1 aliphatic heterocycles. The van der Waals surface area contributed by atoms with Gasteiger partial charge in [0.15, 0.2) is 5.17 Å². The van der Waals surface area contributed by atoms with Crippen molar-refractivity contribution in [2.75, 3.05) is 24.2 Å². The molecule has 2 N–H and O–H groups in total. The number of anilines is 1. The lowest BCUT2D eigenvalue weighted by Crippen LogP contribution is -2.17. The van der Waals surface area contributed by atoms with E-state index < -0.39 is 0 Å². The van der Waals surface area contributed by atoms with E-state index in [1.165, 1.54) is 0 Å². The van der Waals surface area contributed by atoms with Gasteiger partial charge in [-0.3, -0.25) is 9.79 Å². The Kier molecular flexibility index (Phi) is 4.64. The van der Waals surface area contributed by atoms with Crippen LogP contribution in [0.1, 0.15) is 12.0 Å². The summed E-state index contributed by atoms with van der Waals surface area (Å²) < 4.78 is 0. The molecular formula is C13H17N3OS. The summed E-state index contributed by atoms with van der Waals surface area (Å²) in [5, 5.41) is 7.02. The number of carbonyl (C=O) groups excluding carboxylic acids is 1. The molecule has 1 aromatic rings. The molecule has 18 heavy (non-hydrogen) atoms. The first kappa shape index (κ1) is 13.0. The zero-order valence-electron chi connectivity index (χ0n) is 10.4. The van der Waals surface area contributed by atoms with E-state index in [4.69, 9.17) is 0 Å². The number of aliphatic imine (C=N–C) groups is 1. The quantitative estimate of drug-likeness (QED) is 0.874. The largest absolute Gasteiger partial charge is 0.363 e. The Morgan fingerprint density at radius 1 is 1.56 bits per heavy atom. The minimum atomic E-state index is 0.0479. The number of benzene rings is 1. The van der Waals surface area contributed by atoms with E-state index in [9.17, 15) is 4.79 Å². The Hall–Kier alpha value is -1.49. The Labute approximate surface area is 111 Å². The summed E-state index contributed by atoms with van der Waals surface area (Å²) in [4.78, 5) is 16.0. The van der Waals surface area contributed by atoms with Crippen molar-refractivity contribution in [2.45, 2.75) is 13.3 Å². The Morgan fingerprint density at radius 3 is 3.17 bits per heavy atom. The van der Waals surface area contributed by atoms with Gasteiger partial charge in [0.1, 0.15) is 0 Å². The molecule has 0 saturated carbocycles. The van der Waals surface area contributed by atoms with Gasteiger partial charge >= 0.3 is 0 Å². The smallest absolute Gasteiger partial charge is 0.225 e. The van der Waals surface area contributed by atoms with Gasteiger partial charge < -0.3 is 10.6 Å². The number of hydrogen-bond acceptors (Lipinski definition) is 4. The molecule has 0 fully saturated rings. The standard InChI is InChI=1S/C13H17N3OS/c1-10-3-2-4-11(9-10)16-12(17)5-8-18-13-14-6-7-15-13/h2-4,9H,5-8H2,1H3,(H,14,15)(H,16,17). The predicted octanol–water partition coefficient (Wildman–Crippen LogP) is 2.02. The molecule has 0 saturated heterocycles. The lowest BCUT2D eigenvalue weighted by Gasteiger charge is -2.06. The highest BCUT2D eigenvalue weighted by atomic mass is 32.2. The van der Waals surface area contributed by atoms with Crippen molar-refractivity contribution in [1.82, 2.24) is 5.32 Å². The van der Waals surface area contributed by atoms with Gasteiger partial charge in [0, 0.05) is 24.4 Å². The number of nitrogens with zero attached hydrogens (tertiary/aromatic N) is 1. The van der Waals surface area contributed by atoms with Crippen LogP contribution in [0.25, 0.3) is 0 Å². The highest BCUT2D eigenvalue weighted by Gasteiger charge is 2.07. The van der Waals surface area contributed by atoms with Crippen LogP contribution in [-0.4, -0.2) is 29.9 Å². The number of carbonyl (C=O) groups is 1. The maximum Gasteiger partial charge on any atom is 0.225 e. The molecule has 0 bridgehead atoms. The topological polar surface area (TPSA) is 53.5 Å². The normalized spacial score (nSPS) is 13.9. The molecule has 1 aromatic carbocycles. The average Bonchev–Trinajstić information content (AvgIpc) is 2.82. The third-order valence-corrected chi connectivity index (χ3v) is 3.47.